The first-order valence-electron chi connectivity index (χ1n) is 6.67. The lowest BCUT2D eigenvalue weighted by Crippen LogP contribution is -2.54. The zero-order chi connectivity index (χ0) is 15.6. The summed E-state index contributed by atoms with van der Waals surface area (Å²) in [7, 11) is 2.02. The van der Waals surface area contributed by atoms with Crippen molar-refractivity contribution in [2.45, 2.75) is 13.0 Å². The summed E-state index contributed by atoms with van der Waals surface area (Å²) in [5.41, 5.74) is 0.441. The summed E-state index contributed by atoms with van der Waals surface area (Å²) in [5.74, 6) is -1.05. The Hall–Kier alpha value is -1.35. The molecule has 21 heavy (non-hydrogen) atoms. The first kappa shape index (κ1) is 16.0. The molecule has 2 rings (SSSR count). The Bertz CT molecular complexity index is 564. The fourth-order valence-corrected chi connectivity index (χ4v) is 2.92. The van der Waals surface area contributed by atoms with Crippen molar-refractivity contribution < 1.29 is 14.7 Å². The Morgan fingerprint density at radius 2 is 2.10 bits per heavy atom. The number of nitrogens with one attached hydrogen (secondary N) is 1. The molecule has 1 unspecified atom stereocenters. The van der Waals surface area contributed by atoms with Crippen molar-refractivity contribution in [3.05, 3.63) is 27.3 Å². The van der Waals surface area contributed by atoms with Crippen molar-refractivity contribution in [2.75, 3.05) is 32.0 Å². The van der Waals surface area contributed by atoms with E-state index >= 15 is 0 Å². The molecule has 1 aliphatic rings. The lowest BCUT2D eigenvalue weighted by atomic mass is 10.1. The van der Waals surface area contributed by atoms with Gasteiger partial charge in [0.2, 0.25) is 0 Å². The van der Waals surface area contributed by atoms with Gasteiger partial charge in [-0.05, 0) is 54.8 Å². The number of carboxylic acids is 1. The summed E-state index contributed by atoms with van der Waals surface area (Å²) >= 11 is 2.05. The number of carbonyl (C=O) groups excluding carboxylic acids is 1. The van der Waals surface area contributed by atoms with Crippen LogP contribution in [-0.4, -0.2) is 59.6 Å². The van der Waals surface area contributed by atoms with Crippen LogP contribution in [0.1, 0.15) is 17.3 Å². The highest BCUT2D eigenvalue weighted by molar-refractivity contribution is 14.1. The van der Waals surface area contributed by atoms with Crippen molar-refractivity contribution in [1.29, 1.82) is 0 Å². The lowest BCUT2D eigenvalue weighted by molar-refractivity contribution is 0.0698. The Kier molecular flexibility index (Phi) is 5.04. The van der Waals surface area contributed by atoms with Crippen LogP contribution in [0, 0.1) is 3.57 Å². The molecule has 0 aromatic heterocycles. The lowest BCUT2D eigenvalue weighted by Gasteiger charge is -2.38. The molecule has 2 amide bonds. The molecule has 1 atom stereocenters. The van der Waals surface area contributed by atoms with Crippen molar-refractivity contribution in [3.8, 4) is 0 Å². The quantitative estimate of drug-likeness (QED) is 0.743. The van der Waals surface area contributed by atoms with E-state index in [1.807, 2.05) is 36.6 Å². The van der Waals surface area contributed by atoms with Crippen LogP contribution in [0.5, 0.6) is 0 Å². The Morgan fingerprint density at radius 3 is 2.71 bits per heavy atom. The molecule has 0 aliphatic carbocycles. The summed E-state index contributed by atoms with van der Waals surface area (Å²) in [6.45, 7) is 4.25. The van der Waals surface area contributed by atoms with Gasteiger partial charge in [0.05, 0.1) is 11.3 Å². The maximum Gasteiger partial charge on any atom is 0.337 e. The average Bonchev–Trinajstić information content (AvgIpc) is 2.40. The monoisotopic (exact) mass is 403 g/mol. The number of nitrogens with zero attached hydrogens (tertiary/aromatic N) is 2. The number of anilines is 1. The number of rotatable bonds is 2. The minimum absolute atomic E-state index is 0.0980. The summed E-state index contributed by atoms with van der Waals surface area (Å²) in [6.07, 6.45) is 0. The van der Waals surface area contributed by atoms with E-state index in [0.717, 1.165) is 16.7 Å². The standard InChI is InChI=1S/C14H18IN3O3/c1-9-8-17(2)5-6-18(9)14(21)16-12-4-3-10(15)7-11(12)13(19)20/h3-4,7,9H,5-6,8H2,1-2H3,(H,16,21)(H,19,20). The number of hydrogen-bond acceptors (Lipinski definition) is 3. The second kappa shape index (κ2) is 6.61. The first-order valence-corrected chi connectivity index (χ1v) is 7.75. The molecule has 0 bridgehead atoms. The number of amides is 2. The van der Waals surface area contributed by atoms with Crippen molar-refractivity contribution >= 4 is 40.3 Å². The number of hydrogen-bond donors (Lipinski definition) is 2. The van der Waals surface area contributed by atoms with E-state index < -0.39 is 5.97 Å². The van der Waals surface area contributed by atoms with Gasteiger partial charge >= 0.3 is 12.0 Å². The zero-order valence-electron chi connectivity index (χ0n) is 12.0. The van der Waals surface area contributed by atoms with Crippen LogP contribution in [0.2, 0.25) is 0 Å². The van der Waals surface area contributed by atoms with E-state index in [2.05, 4.69) is 10.2 Å². The van der Waals surface area contributed by atoms with Crippen LogP contribution >= 0.6 is 22.6 Å². The Morgan fingerprint density at radius 1 is 1.38 bits per heavy atom. The predicted octanol–water partition coefficient (Wildman–Crippen LogP) is 2.16. The summed E-state index contributed by atoms with van der Waals surface area (Å²) in [6, 6.07) is 4.80. The maximum absolute atomic E-state index is 12.3. The molecule has 0 saturated carbocycles. The molecule has 1 heterocycles. The van der Waals surface area contributed by atoms with E-state index in [-0.39, 0.29) is 17.6 Å². The zero-order valence-corrected chi connectivity index (χ0v) is 14.1. The first-order chi connectivity index (χ1) is 9.88. The largest absolute Gasteiger partial charge is 0.478 e. The molecule has 1 fully saturated rings. The van der Waals surface area contributed by atoms with Crippen LogP contribution in [0.15, 0.2) is 18.2 Å². The third-order valence-electron chi connectivity index (χ3n) is 3.55. The van der Waals surface area contributed by atoms with Gasteiger partial charge in [-0.3, -0.25) is 0 Å². The molecule has 0 spiro atoms. The number of carbonyl (C=O) groups is 2. The van der Waals surface area contributed by atoms with Crippen LogP contribution < -0.4 is 5.32 Å². The van der Waals surface area contributed by atoms with E-state index in [1.54, 1.807) is 23.1 Å². The number of piperazine rings is 1. The molecule has 2 N–H and O–H groups in total. The minimum atomic E-state index is -1.05. The van der Waals surface area contributed by atoms with Gasteiger partial charge in [-0.2, -0.15) is 0 Å². The van der Waals surface area contributed by atoms with Gasteiger partial charge in [-0.15, -0.1) is 0 Å². The van der Waals surface area contributed by atoms with Gasteiger partial charge in [-0.1, -0.05) is 0 Å². The van der Waals surface area contributed by atoms with E-state index in [1.165, 1.54) is 0 Å². The molecule has 1 aliphatic heterocycles. The highest BCUT2D eigenvalue weighted by Crippen LogP contribution is 2.20. The summed E-state index contributed by atoms with van der Waals surface area (Å²) in [5, 5.41) is 11.9. The molecular formula is C14H18IN3O3. The highest BCUT2D eigenvalue weighted by Gasteiger charge is 2.26. The van der Waals surface area contributed by atoms with Gasteiger partial charge in [-0.25, -0.2) is 9.59 Å². The highest BCUT2D eigenvalue weighted by atomic mass is 127. The summed E-state index contributed by atoms with van der Waals surface area (Å²) in [4.78, 5) is 27.5. The number of halogens is 1. The number of likely N-dealkylation sites (N-methyl/N-ethyl adjacent to an activating group) is 1. The van der Waals surface area contributed by atoms with Crippen molar-refractivity contribution in [3.63, 3.8) is 0 Å². The SMILES string of the molecule is CC1CN(C)CCN1C(=O)Nc1ccc(I)cc1C(=O)O. The maximum atomic E-state index is 12.3. The van der Waals surface area contributed by atoms with E-state index in [9.17, 15) is 14.7 Å². The normalized spacial score (nSPS) is 19.4. The number of benzene rings is 1. The van der Waals surface area contributed by atoms with Gasteiger partial charge in [0.15, 0.2) is 0 Å². The number of aromatic carboxylic acids is 1. The van der Waals surface area contributed by atoms with Crippen LogP contribution in [0.4, 0.5) is 10.5 Å². The molecule has 7 heteroatoms. The molecule has 1 saturated heterocycles. The van der Waals surface area contributed by atoms with Gasteiger partial charge in [0.1, 0.15) is 0 Å². The van der Waals surface area contributed by atoms with Crippen LogP contribution in [0.3, 0.4) is 0 Å². The number of urea groups is 1. The second-order valence-corrected chi connectivity index (χ2v) is 6.48. The second-order valence-electron chi connectivity index (χ2n) is 5.23. The predicted molar refractivity (Wildman–Crippen MR) is 88.8 cm³/mol. The van der Waals surface area contributed by atoms with Crippen molar-refractivity contribution in [2.24, 2.45) is 0 Å². The molecule has 1 aromatic rings. The summed E-state index contributed by atoms with van der Waals surface area (Å²) < 4.78 is 0.816. The third kappa shape index (κ3) is 3.85. The fourth-order valence-electron chi connectivity index (χ4n) is 2.43. The molecule has 0 radical (unpaired) electrons. The topological polar surface area (TPSA) is 72.9 Å². The Balaban J connectivity index is 2.14. The molecule has 1 aromatic carbocycles. The number of carboxylic acid groups (broad SMARTS) is 1. The van der Waals surface area contributed by atoms with Gasteiger partial charge in [0, 0.05) is 29.2 Å². The van der Waals surface area contributed by atoms with E-state index in [4.69, 9.17) is 0 Å². The smallest absolute Gasteiger partial charge is 0.337 e. The third-order valence-corrected chi connectivity index (χ3v) is 4.22. The average molecular weight is 403 g/mol. The van der Waals surface area contributed by atoms with Crippen molar-refractivity contribution in [1.82, 2.24) is 9.80 Å². The molecular weight excluding hydrogens is 385 g/mol. The molecule has 6 nitrogen and oxygen atoms in total. The minimum Gasteiger partial charge on any atom is -0.478 e. The molecule has 114 valence electrons. The van der Waals surface area contributed by atoms with Gasteiger partial charge in [0.25, 0.3) is 0 Å². The van der Waals surface area contributed by atoms with E-state index in [0.29, 0.717) is 12.2 Å². The van der Waals surface area contributed by atoms with Crippen LogP contribution in [-0.2, 0) is 0 Å². The van der Waals surface area contributed by atoms with Gasteiger partial charge < -0.3 is 20.2 Å². The Labute approximate surface area is 137 Å². The fraction of sp³-hybridized carbons (Fsp3) is 0.429. The van der Waals surface area contributed by atoms with Crippen LogP contribution in [0.25, 0.3) is 0 Å².